The molecule has 0 aliphatic carbocycles. The third-order valence-corrected chi connectivity index (χ3v) is 3.07. The van der Waals surface area contributed by atoms with Crippen LogP contribution in [0, 0.1) is 0 Å². The largest absolute Gasteiger partial charge is 0.468 e. The number of benzene rings is 1. The summed E-state index contributed by atoms with van der Waals surface area (Å²) in [6.07, 6.45) is 1.70. The van der Waals surface area contributed by atoms with Crippen LogP contribution in [-0.2, 0) is 6.54 Å². The maximum atomic E-state index is 5.30. The third kappa shape index (κ3) is 3.14. The van der Waals surface area contributed by atoms with Crippen molar-refractivity contribution >= 4 is 5.69 Å². The average molecular weight is 244 g/mol. The van der Waals surface area contributed by atoms with Gasteiger partial charge < -0.3 is 14.6 Å². The van der Waals surface area contributed by atoms with Crippen molar-refractivity contribution in [3.63, 3.8) is 0 Å². The van der Waals surface area contributed by atoms with E-state index in [1.165, 1.54) is 11.3 Å². The highest BCUT2D eigenvalue weighted by molar-refractivity contribution is 5.46. The van der Waals surface area contributed by atoms with E-state index in [2.05, 4.69) is 41.4 Å². The zero-order valence-electron chi connectivity index (χ0n) is 11.2. The predicted molar refractivity (Wildman–Crippen MR) is 74.7 cm³/mol. The molecule has 0 saturated carbocycles. The van der Waals surface area contributed by atoms with E-state index in [-0.39, 0.29) is 0 Å². The Labute approximate surface area is 108 Å². The van der Waals surface area contributed by atoms with Crippen LogP contribution in [0.2, 0.25) is 0 Å². The lowest BCUT2D eigenvalue weighted by molar-refractivity contribution is 0.460. The van der Waals surface area contributed by atoms with Crippen LogP contribution in [0.25, 0.3) is 0 Å². The standard InChI is InChI=1S/C15H20N2O/c1-12(16-11-15-5-4-10-18-15)13-6-8-14(9-7-13)17(2)3/h4-10,12,16H,11H2,1-3H3. The van der Waals surface area contributed by atoms with Crippen LogP contribution in [0.1, 0.15) is 24.3 Å². The molecule has 1 aromatic carbocycles. The summed E-state index contributed by atoms with van der Waals surface area (Å²) in [4.78, 5) is 2.10. The molecule has 2 rings (SSSR count). The topological polar surface area (TPSA) is 28.4 Å². The smallest absolute Gasteiger partial charge is 0.117 e. The summed E-state index contributed by atoms with van der Waals surface area (Å²) in [6.45, 7) is 2.91. The number of anilines is 1. The molecule has 2 aromatic rings. The molecule has 0 fully saturated rings. The number of hydrogen-bond acceptors (Lipinski definition) is 3. The van der Waals surface area contributed by atoms with Gasteiger partial charge in [-0.2, -0.15) is 0 Å². The highest BCUT2D eigenvalue weighted by Gasteiger charge is 2.06. The Morgan fingerprint density at radius 2 is 1.89 bits per heavy atom. The van der Waals surface area contributed by atoms with Gasteiger partial charge in [0.1, 0.15) is 5.76 Å². The Hall–Kier alpha value is -1.74. The summed E-state index contributed by atoms with van der Waals surface area (Å²) >= 11 is 0. The molecule has 1 atom stereocenters. The van der Waals surface area contributed by atoms with Gasteiger partial charge in [-0.15, -0.1) is 0 Å². The molecule has 1 heterocycles. The number of nitrogens with one attached hydrogen (secondary N) is 1. The van der Waals surface area contributed by atoms with Crippen LogP contribution >= 0.6 is 0 Å². The first kappa shape index (κ1) is 12.7. The van der Waals surface area contributed by atoms with Gasteiger partial charge in [-0.25, -0.2) is 0 Å². The molecule has 3 nitrogen and oxygen atoms in total. The van der Waals surface area contributed by atoms with E-state index in [0.717, 1.165) is 12.3 Å². The Morgan fingerprint density at radius 1 is 1.17 bits per heavy atom. The number of rotatable bonds is 5. The molecule has 18 heavy (non-hydrogen) atoms. The van der Waals surface area contributed by atoms with Crippen molar-refractivity contribution in [1.82, 2.24) is 5.32 Å². The predicted octanol–water partition coefficient (Wildman–Crippen LogP) is 3.20. The van der Waals surface area contributed by atoms with Crippen LogP contribution in [-0.4, -0.2) is 14.1 Å². The lowest BCUT2D eigenvalue weighted by Crippen LogP contribution is -2.18. The number of hydrogen-bond donors (Lipinski definition) is 1. The number of nitrogens with zero attached hydrogens (tertiary/aromatic N) is 1. The molecule has 0 saturated heterocycles. The van der Waals surface area contributed by atoms with Crippen molar-refractivity contribution in [1.29, 1.82) is 0 Å². The van der Waals surface area contributed by atoms with E-state index >= 15 is 0 Å². The number of furan rings is 1. The van der Waals surface area contributed by atoms with Gasteiger partial charge in [0.05, 0.1) is 12.8 Å². The second kappa shape index (κ2) is 5.74. The Morgan fingerprint density at radius 3 is 2.44 bits per heavy atom. The summed E-state index contributed by atoms with van der Waals surface area (Å²) in [6, 6.07) is 12.8. The van der Waals surface area contributed by atoms with Gasteiger partial charge >= 0.3 is 0 Å². The normalized spacial score (nSPS) is 12.4. The van der Waals surface area contributed by atoms with Crippen molar-refractivity contribution in [2.75, 3.05) is 19.0 Å². The highest BCUT2D eigenvalue weighted by atomic mass is 16.3. The van der Waals surface area contributed by atoms with Crippen LogP contribution in [0.15, 0.2) is 47.1 Å². The average Bonchev–Trinajstić information content (AvgIpc) is 2.89. The fourth-order valence-electron chi connectivity index (χ4n) is 1.85. The molecule has 0 aliphatic heterocycles. The molecular weight excluding hydrogens is 224 g/mol. The molecule has 0 spiro atoms. The lowest BCUT2D eigenvalue weighted by atomic mass is 10.1. The van der Waals surface area contributed by atoms with E-state index in [1.807, 2.05) is 26.2 Å². The Kier molecular flexibility index (Phi) is 4.05. The van der Waals surface area contributed by atoms with Crippen molar-refractivity contribution in [3.8, 4) is 0 Å². The first-order valence-electron chi connectivity index (χ1n) is 6.20. The van der Waals surface area contributed by atoms with Crippen LogP contribution in [0.5, 0.6) is 0 Å². The van der Waals surface area contributed by atoms with Crippen LogP contribution < -0.4 is 10.2 Å². The minimum Gasteiger partial charge on any atom is -0.468 e. The van der Waals surface area contributed by atoms with E-state index in [1.54, 1.807) is 6.26 Å². The quantitative estimate of drug-likeness (QED) is 0.875. The summed E-state index contributed by atoms with van der Waals surface area (Å²) in [7, 11) is 4.10. The van der Waals surface area contributed by atoms with Gasteiger partial charge in [0.25, 0.3) is 0 Å². The molecule has 0 amide bonds. The van der Waals surface area contributed by atoms with Gasteiger partial charge in [-0.05, 0) is 36.8 Å². The highest BCUT2D eigenvalue weighted by Crippen LogP contribution is 2.18. The molecule has 0 radical (unpaired) electrons. The molecule has 0 aliphatic rings. The molecule has 1 N–H and O–H groups in total. The molecule has 1 unspecified atom stereocenters. The molecule has 96 valence electrons. The van der Waals surface area contributed by atoms with Crippen LogP contribution in [0.4, 0.5) is 5.69 Å². The molecular formula is C15H20N2O. The van der Waals surface area contributed by atoms with Crippen molar-refractivity contribution in [2.24, 2.45) is 0 Å². The minimum atomic E-state index is 0.311. The zero-order chi connectivity index (χ0) is 13.0. The van der Waals surface area contributed by atoms with Crippen molar-refractivity contribution in [3.05, 3.63) is 54.0 Å². The zero-order valence-corrected chi connectivity index (χ0v) is 11.2. The van der Waals surface area contributed by atoms with E-state index < -0.39 is 0 Å². The fourth-order valence-corrected chi connectivity index (χ4v) is 1.85. The molecule has 0 bridgehead atoms. The van der Waals surface area contributed by atoms with E-state index in [9.17, 15) is 0 Å². The summed E-state index contributed by atoms with van der Waals surface area (Å²) < 4.78 is 5.30. The third-order valence-electron chi connectivity index (χ3n) is 3.07. The maximum absolute atomic E-state index is 5.30. The van der Waals surface area contributed by atoms with Crippen molar-refractivity contribution in [2.45, 2.75) is 19.5 Å². The molecule has 1 aromatic heterocycles. The monoisotopic (exact) mass is 244 g/mol. The minimum absolute atomic E-state index is 0.311. The summed E-state index contributed by atoms with van der Waals surface area (Å²) in [5.74, 6) is 0.965. The molecule has 3 heteroatoms. The van der Waals surface area contributed by atoms with E-state index in [4.69, 9.17) is 4.42 Å². The van der Waals surface area contributed by atoms with E-state index in [0.29, 0.717) is 6.04 Å². The summed E-state index contributed by atoms with van der Waals surface area (Å²) in [5.41, 5.74) is 2.50. The van der Waals surface area contributed by atoms with Gasteiger partial charge in [-0.3, -0.25) is 0 Å². The van der Waals surface area contributed by atoms with Gasteiger partial charge in [-0.1, -0.05) is 12.1 Å². The SMILES string of the molecule is CC(NCc1ccco1)c1ccc(N(C)C)cc1. The lowest BCUT2D eigenvalue weighted by Gasteiger charge is -2.16. The Bertz CT molecular complexity index is 460. The second-order valence-electron chi connectivity index (χ2n) is 4.67. The van der Waals surface area contributed by atoms with Gasteiger partial charge in [0, 0.05) is 25.8 Å². The van der Waals surface area contributed by atoms with Gasteiger partial charge in [0.2, 0.25) is 0 Å². The maximum Gasteiger partial charge on any atom is 0.117 e. The first-order chi connectivity index (χ1) is 8.66. The van der Waals surface area contributed by atoms with Crippen molar-refractivity contribution < 1.29 is 4.42 Å². The summed E-state index contributed by atoms with van der Waals surface area (Å²) in [5, 5.41) is 3.44. The fraction of sp³-hybridized carbons (Fsp3) is 0.333. The second-order valence-corrected chi connectivity index (χ2v) is 4.67. The van der Waals surface area contributed by atoms with Gasteiger partial charge in [0.15, 0.2) is 0 Å². The van der Waals surface area contributed by atoms with Crippen LogP contribution in [0.3, 0.4) is 0 Å². The first-order valence-corrected chi connectivity index (χ1v) is 6.20. The Balaban J connectivity index is 1.94.